The Hall–Kier alpha value is -0.500. The van der Waals surface area contributed by atoms with Gasteiger partial charge in [-0.15, -0.1) is 11.8 Å². The van der Waals surface area contributed by atoms with Gasteiger partial charge in [0.05, 0.1) is 15.6 Å². The molecule has 0 aliphatic rings. The van der Waals surface area contributed by atoms with E-state index < -0.39 is 0 Å². The summed E-state index contributed by atoms with van der Waals surface area (Å²) in [5.41, 5.74) is 1.22. The molecule has 0 aliphatic heterocycles. The maximum absolute atomic E-state index is 5.73. The molecule has 0 saturated carbocycles. The zero-order valence-electron chi connectivity index (χ0n) is 11.5. The molecule has 4 heteroatoms. The Balaban J connectivity index is 2.70. The average molecular weight is 389 g/mol. The Morgan fingerprint density at radius 1 is 1.26 bits per heavy atom. The maximum Gasteiger partial charge on any atom is 0.147 e. The molecule has 0 unspecified atom stereocenters. The maximum atomic E-state index is 5.73. The van der Waals surface area contributed by atoms with Gasteiger partial charge >= 0.3 is 0 Å². The van der Waals surface area contributed by atoms with E-state index in [2.05, 4.69) is 75.0 Å². The van der Waals surface area contributed by atoms with Gasteiger partial charge in [-0.3, -0.25) is 0 Å². The summed E-state index contributed by atoms with van der Waals surface area (Å²) in [6.07, 6.45) is 0.742. The second kappa shape index (κ2) is 8.63. The molecule has 104 valence electrons. The molecule has 0 aliphatic carbocycles. The molecular formula is C15H19Br2NO. The Morgan fingerprint density at radius 2 is 1.89 bits per heavy atom. The lowest BCUT2D eigenvalue weighted by molar-refractivity contribution is 0.323. The topological polar surface area (TPSA) is 21.3 Å². The molecule has 0 bridgehead atoms. The van der Waals surface area contributed by atoms with E-state index in [1.165, 1.54) is 5.56 Å². The molecule has 1 aromatic carbocycles. The minimum absolute atomic E-state index is 0.473. The molecule has 1 rings (SSSR count). The molecule has 0 spiro atoms. The first kappa shape index (κ1) is 16.6. The van der Waals surface area contributed by atoms with E-state index in [1.54, 1.807) is 0 Å². The number of benzene rings is 1. The third-order valence-corrected chi connectivity index (χ3v) is 3.60. The zero-order valence-corrected chi connectivity index (χ0v) is 14.7. The first-order valence-electron chi connectivity index (χ1n) is 6.28. The standard InChI is InChI=1S/C15H19Br2NO/c1-4-5-6-7-19-15-13(16)8-12(9-14(15)17)10-18-11(2)3/h8-9,11,18H,6-7,10H2,1-3H3. The molecule has 0 fully saturated rings. The molecule has 19 heavy (non-hydrogen) atoms. The Labute approximate surface area is 132 Å². The normalized spacial score (nSPS) is 10.2. The van der Waals surface area contributed by atoms with Crippen LogP contribution in [-0.2, 0) is 6.54 Å². The second-order valence-corrected chi connectivity index (χ2v) is 6.16. The minimum Gasteiger partial charge on any atom is -0.490 e. The number of nitrogens with one attached hydrogen (secondary N) is 1. The van der Waals surface area contributed by atoms with Crippen LogP contribution in [0, 0.1) is 11.8 Å². The third kappa shape index (κ3) is 5.99. The summed E-state index contributed by atoms with van der Waals surface area (Å²) in [6, 6.07) is 4.64. The molecule has 0 radical (unpaired) electrons. The van der Waals surface area contributed by atoms with Crippen LogP contribution in [0.3, 0.4) is 0 Å². The predicted molar refractivity (Wildman–Crippen MR) is 87.4 cm³/mol. The van der Waals surface area contributed by atoms with Crippen molar-refractivity contribution in [3.05, 3.63) is 26.6 Å². The highest BCUT2D eigenvalue weighted by atomic mass is 79.9. The van der Waals surface area contributed by atoms with Crippen LogP contribution in [0.15, 0.2) is 21.1 Å². The van der Waals surface area contributed by atoms with Crippen molar-refractivity contribution >= 4 is 31.9 Å². The lowest BCUT2D eigenvalue weighted by Crippen LogP contribution is -2.21. The van der Waals surface area contributed by atoms with Crippen molar-refractivity contribution in [3.8, 4) is 17.6 Å². The van der Waals surface area contributed by atoms with Crippen molar-refractivity contribution in [1.82, 2.24) is 5.32 Å². The Bertz CT molecular complexity index is 452. The Morgan fingerprint density at radius 3 is 2.42 bits per heavy atom. The monoisotopic (exact) mass is 387 g/mol. The van der Waals surface area contributed by atoms with Crippen LogP contribution in [0.2, 0.25) is 0 Å². The van der Waals surface area contributed by atoms with Gasteiger partial charge in [-0.1, -0.05) is 13.8 Å². The highest BCUT2D eigenvalue weighted by Crippen LogP contribution is 2.34. The van der Waals surface area contributed by atoms with Gasteiger partial charge < -0.3 is 10.1 Å². The summed E-state index contributed by atoms with van der Waals surface area (Å²) in [5, 5.41) is 3.39. The van der Waals surface area contributed by atoms with Crippen molar-refractivity contribution in [2.75, 3.05) is 6.61 Å². The van der Waals surface area contributed by atoms with Crippen LogP contribution < -0.4 is 10.1 Å². The first-order valence-corrected chi connectivity index (χ1v) is 7.87. The van der Waals surface area contributed by atoms with Crippen LogP contribution in [-0.4, -0.2) is 12.6 Å². The average Bonchev–Trinajstić information content (AvgIpc) is 2.34. The van der Waals surface area contributed by atoms with E-state index >= 15 is 0 Å². The number of halogens is 2. The highest BCUT2D eigenvalue weighted by Gasteiger charge is 2.09. The lowest BCUT2D eigenvalue weighted by Gasteiger charge is -2.13. The van der Waals surface area contributed by atoms with E-state index in [0.29, 0.717) is 12.6 Å². The summed E-state index contributed by atoms with van der Waals surface area (Å²) < 4.78 is 7.66. The van der Waals surface area contributed by atoms with Crippen LogP contribution in [0.5, 0.6) is 5.75 Å². The molecule has 1 N–H and O–H groups in total. The molecule has 0 amide bonds. The van der Waals surface area contributed by atoms with Crippen LogP contribution in [0.1, 0.15) is 32.8 Å². The fourth-order valence-electron chi connectivity index (χ4n) is 1.50. The number of hydrogen-bond donors (Lipinski definition) is 1. The quantitative estimate of drug-likeness (QED) is 0.572. The van der Waals surface area contributed by atoms with Crippen molar-refractivity contribution < 1.29 is 4.74 Å². The lowest BCUT2D eigenvalue weighted by atomic mass is 10.2. The van der Waals surface area contributed by atoms with Crippen molar-refractivity contribution in [2.24, 2.45) is 0 Å². The molecule has 2 nitrogen and oxygen atoms in total. The minimum atomic E-state index is 0.473. The van der Waals surface area contributed by atoms with Crippen molar-refractivity contribution in [3.63, 3.8) is 0 Å². The second-order valence-electron chi connectivity index (χ2n) is 4.45. The number of hydrogen-bond acceptors (Lipinski definition) is 2. The van der Waals surface area contributed by atoms with Gasteiger partial charge in [-0.2, -0.15) is 0 Å². The summed E-state index contributed by atoms with van der Waals surface area (Å²) in [5.74, 6) is 6.68. The van der Waals surface area contributed by atoms with Gasteiger partial charge in [0.15, 0.2) is 0 Å². The van der Waals surface area contributed by atoms with Gasteiger partial charge in [0.2, 0.25) is 0 Å². The Kier molecular flexibility index (Phi) is 7.52. The zero-order chi connectivity index (χ0) is 14.3. The summed E-state index contributed by atoms with van der Waals surface area (Å²) in [7, 11) is 0. The molecular weight excluding hydrogens is 370 g/mol. The van der Waals surface area contributed by atoms with E-state index in [0.717, 1.165) is 27.7 Å². The number of rotatable bonds is 6. The van der Waals surface area contributed by atoms with Gasteiger partial charge in [0, 0.05) is 19.0 Å². The SMILES string of the molecule is CC#CCCOc1c(Br)cc(CNC(C)C)cc1Br. The molecule has 1 aromatic rings. The predicted octanol–water partition coefficient (Wildman–Crippen LogP) is 4.50. The number of ether oxygens (including phenoxy) is 1. The van der Waals surface area contributed by atoms with E-state index in [4.69, 9.17) is 4.74 Å². The van der Waals surface area contributed by atoms with Gasteiger partial charge in [-0.05, 0) is 56.5 Å². The smallest absolute Gasteiger partial charge is 0.147 e. The van der Waals surface area contributed by atoms with Gasteiger partial charge in [0.25, 0.3) is 0 Å². The highest BCUT2D eigenvalue weighted by molar-refractivity contribution is 9.11. The molecule has 0 saturated heterocycles. The van der Waals surface area contributed by atoms with E-state index in [-0.39, 0.29) is 0 Å². The largest absolute Gasteiger partial charge is 0.490 e. The van der Waals surface area contributed by atoms with Crippen LogP contribution in [0.25, 0.3) is 0 Å². The first-order chi connectivity index (χ1) is 9.04. The van der Waals surface area contributed by atoms with Crippen LogP contribution >= 0.6 is 31.9 Å². The molecule has 0 heterocycles. The van der Waals surface area contributed by atoms with Gasteiger partial charge in [0.1, 0.15) is 5.75 Å². The summed E-state index contributed by atoms with van der Waals surface area (Å²) in [6.45, 7) is 7.55. The van der Waals surface area contributed by atoms with E-state index in [9.17, 15) is 0 Å². The summed E-state index contributed by atoms with van der Waals surface area (Å²) in [4.78, 5) is 0. The summed E-state index contributed by atoms with van der Waals surface area (Å²) >= 11 is 7.11. The third-order valence-electron chi connectivity index (χ3n) is 2.42. The molecule has 0 atom stereocenters. The van der Waals surface area contributed by atoms with Crippen molar-refractivity contribution in [1.29, 1.82) is 0 Å². The van der Waals surface area contributed by atoms with Crippen molar-refractivity contribution in [2.45, 2.75) is 39.8 Å². The van der Waals surface area contributed by atoms with Crippen LogP contribution in [0.4, 0.5) is 0 Å². The van der Waals surface area contributed by atoms with Gasteiger partial charge in [-0.25, -0.2) is 0 Å². The fourth-order valence-corrected chi connectivity index (χ4v) is 3.01. The molecule has 0 aromatic heterocycles. The fraction of sp³-hybridized carbons (Fsp3) is 0.467. The van der Waals surface area contributed by atoms with E-state index in [1.807, 2.05) is 6.92 Å².